The quantitative estimate of drug-likeness (QED) is 0.421. The van der Waals surface area contributed by atoms with Crippen LogP contribution in [0.2, 0.25) is 0 Å². The standard InChI is InChI=1S/C16H24N6O2/c1-17-16(19-11-15-20-12-21-22(15)2)18-10-13-4-6-14(7-5-13)24-9-8-23-3/h4-7,12H,8-11H2,1-3H3,(H2,17,18,19). The van der Waals surface area contributed by atoms with Crippen LogP contribution in [0.5, 0.6) is 5.75 Å². The Labute approximate surface area is 141 Å². The van der Waals surface area contributed by atoms with E-state index in [4.69, 9.17) is 9.47 Å². The Morgan fingerprint density at radius 1 is 1.17 bits per heavy atom. The number of nitrogens with one attached hydrogen (secondary N) is 2. The van der Waals surface area contributed by atoms with Crippen LogP contribution in [0.4, 0.5) is 0 Å². The zero-order valence-electron chi connectivity index (χ0n) is 14.3. The number of ether oxygens (including phenoxy) is 2. The van der Waals surface area contributed by atoms with E-state index < -0.39 is 0 Å². The summed E-state index contributed by atoms with van der Waals surface area (Å²) in [6, 6.07) is 7.93. The summed E-state index contributed by atoms with van der Waals surface area (Å²) in [7, 11) is 5.25. The zero-order valence-corrected chi connectivity index (χ0v) is 14.3. The molecule has 1 aromatic carbocycles. The third kappa shape index (κ3) is 5.54. The number of aliphatic imine (C=N–C) groups is 1. The van der Waals surface area contributed by atoms with Gasteiger partial charge in [-0.05, 0) is 17.7 Å². The van der Waals surface area contributed by atoms with Crippen molar-refractivity contribution in [3.05, 3.63) is 42.0 Å². The fourth-order valence-corrected chi connectivity index (χ4v) is 2.00. The Morgan fingerprint density at radius 3 is 2.54 bits per heavy atom. The monoisotopic (exact) mass is 332 g/mol. The molecule has 2 rings (SSSR count). The molecule has 0 saturated heterocycles. The first-order chi connectivity index (χ1) is 11.7. The number of nitrogens with zero attached hydrogens (tertiary/aromatic N) is 4. The zero-order chi connectivity index (χ0) is 17.2. The second-order valence-electron chi connectivity index (χ2n) is 5.06. The van der Waals surface area contributed by atoms with Gasteiger partial charge >= 0.3 is 0 Å². The molecule has 0 bridgehead atoms. The normalized spacial score (nSPS) is 11.4. The van der Waals surface area contributed by atoms with E-state index in [1.54, 1.807) is 18.8 Å². The van der Waals surface area contributed by atoms with E-state index in [-0.39, 0.29) is 0 Å². The Balaban J connectivity index is 1.77. The highest BCUT2D eigenvalue weighted by Gasteiger charge is 2.03. The molecule has 8 heteroatoms. The molecule has 0 aliphatic rings. The van der Waals surface area contributed by atoms with Crippen LogP contribution in [0.3, 0.4) is 0 Å². The van der Waals surface area contributed by atoms with Crippen molar-refractivity contribution in [2.45, 2.75) is 13.1 Å². The number of methoxy groups -OCH3 is 1. The van der Waals surface area contributed by atoms with Gasteiger partial charge in [0.2, 0.25) is 0 Å². The summed E-state index contributed by atoms with van der Waals surface area (Å²) in [5.41, 5.74) is 1.13. The molecular formula is C16H24N6O2. The van der Waals surface area contributed by atoms with Crippen molar-refractivity contribution in [1.82, 2.24) is 25.4 Å². The summed E-state index contributed by atoms with van der Waals surface area (Å²) < 4.78 is 12.2. The van der Waals surface area contributed by atoms with Gasteiger partial charge in [-0.25, -0.2) is 4.98 Å². The second kappa shape index (κ2) is 9.51. The van der Waals surface area contributed by atoms with E-state index in [9.17, 15) is 0 Å². The predicted octanol–water partition coefficient (Wildman–Crippen LogP) is 0.706. The number of hydrogen-bond donors (Lipinski definition) is 2. The second-order valence-corrected chi connectivity index (χ2v) is 5.06. The molecule has 2 aromatic rings. The van der Waals surface area contributed by atoms with Crippen LogP contribution in [0, 0.1) is 0 Å². The van der Waals surface area contributed by atoms with Crippen molar-refractivity contribution in [3.8, 4) is 5.75 Å². The van der Waals surface area contributed by atoms with Crippen molar-refractivity contribution in [3.63, 3.8) is 0 Å². The average Bonchev–Trinajstić information content (AvgIpc) is 3.01. The van der Waals surface area contributed by atoms with Gasteiger partial charge in [-0.1, -0.05) is 12.1 Å². The maximum absolute atomic E-state index is 5.54. The summed E-state index contributed by atoms with van der Waals surface area (Å²) in [4.78, 5) is 8.36. The van der Waals surface area contributed by atoms with Crippen LogP contribution in [0.15, 0.2) is 35.6 Å². The van der Waals surface area contributed by atoms with Crippen LogP contribution in [0.1, 0.15) is 11.4 Å². The van der Waals surface area contributed by atoms with Crippen molar-refractivity contribution in [2.24, 2.45) is 12.0 Å². The van der Waals surface area contributed by atoms with E-state index in [1.165, 1.54) is 6.33 Å². The number of guanidine groups is 1. The minimum Gasteiger partial charge on any atom is -0.491 e. The Kier molecular flexibility index (Phi) is 7.03. The number of rotatable bonds is 8. The molecule has 130 valence electrons. The molecule has 8 nitrogen and oxygen atoms in total. The fourth-order valence-electron chi connectivity index (χ4n) is 2.00. The lowest BCUT2D eigenvalue weighted by Gasteiger charge is -2.12. The van der Waals surface area contributed by atoms with Crippen molar-refractivity contribution in [1.29, 1.82) is 0 Å². The maximum atomic E-state index is 5.54. The van der Waals surface area contributed by atoms with Crippen molar-refractivity contribution in [2.75, 3.05) is 27.4 Å². The molecule has 24 heavy (non-hydrogen) atoms. The first-order valence-electron chi connectivity index (χ1n) is 7.71. The third-order valence-corrected chi connectivity index (χ3v) is 3.38. The Bertz CT molecular complexity index is 638. The van der Waals surface area contributed by atoms with Gasteiger partial charge in [0.25, 0.3) is 0 Å². The van der Waals surface area contributed by atoms with E-state index in [1.807, 2.05) is 31.3 Å². The van der Waals surface area contributed by atoms with Crippen LogP contribution >= 0.6 is 0 Å². The average molecular weight is 332 g/mol. The van der Waals surface area contributed by atoms with E-state index in [0.29, 0.717) is 32.3 Å². The van der Waals surface area contributed by atoms with Gasteiger partial charge < -0.3 is 20.1 Å². The van der Waals surface area contributed by atoms with Crippen LogP contribution in [-0.4, -0.2) is 48.1 Å². The molecule has 1 heterocycles. The van der Waals surface area contributed by atoms with E-state index in [0.717, 1.165) is 17.1 Å². The van der Waals surface area contributed by atoms with Crippen molar-refractivity contribution < 1.29 is 9.47 Å². The Morgan fingerprint density at radius 2 is 1.92 bits per heavy atom. The summed E-state index contributed by atoms with van der Waals surface area (Å²) in [5, 5.41) is 10.5. The van der Waals surface area contributed by atoms with Gasteiger partial charge in [-0.15, -0.1) is 0 Å². The highest BCUT2D eigenvalue weighted by atomic mass is 16.5. The first-order valence-corrected chi connectivity index (χ1v) is 7.71. The molecule has 0 fully saturated rings. The highest BCUT2D eigenvalue weighted by Crippen LogP contribution is 2.11. The summed E-state index contributed by atoms with van der Waals surface area (Å²) in [5.74, 6) is 2.38. The highest BCUT2D eigenvalue weighted by molar-refractivity contribution is 5.79. The predicted molar refractivity (Wildman–Crippen MR) is 91.9 cm³/mol. The van der Waals surface area contributed by atoms with E-state index >= 15 is 0 Å². The van der Waals surface area contributed by atoms with Gasteiger partial charge in [0, 0.05) is 27.7 Å². The summed E-state index contributed by atoms with van der Waals surface area (Å²) >= 11 is 0. The van der Waals surface area contributed by atoms with Gasteiger partial charge in [0.05, 0.1) is 13.2 Å². The molecule has 0 aliphatic heterocycles. The molecule has 2 N–H and O–H groups in total. The smallest absolute Gasteiger partial charge is 0.191 e. The summed E-state index contributed by atoms with van der Waals surface area (Å²) in [6.07, 6.45) is 1.53. The van der Waals surface area contributed by atoms with Gasteiger partial charge in [-0.2, -0.15) is 5.10 Å². The molecule has 0 unspecified atom stereocenters. The molecule has 0 radical (unpaired) electrons. The molecule has 0 amide bonds. The van der Waals surface area contributed by atoms with Gasteiger partial charge in [-0.3, -0.25) is 9.67 Å². The minimum atomic E-state index is 0.548. The number of aromatic nitrogens is 3. The van der Waals surface area contributed by atoms with E-state index in [2.05, 4.69) is 25.7 Å². The third-order valence-electron chi connectivity index (χ3n) is 3.38. The molecule has 0 spiro atoms. The van der Waals surface area contributed by atoms with Crippen LogP contribution in [-0.2, 0) is 24.9 Å². The Hall–Kier alpha value is -2.61. The lowest BCUT2D eigenvalue weighted by atomic mass is 10.2. The lowest BCUT2D eigenvalue weighted by Crippen LogP contribution is -2.36. The molecule has 0 saturated carbocycles. The van der Waals surface area contributed by atoms with Crippen LogP contribution in [0.25, 0.3) is 0 Å². The number of hydrogen-bond acceptors (Lipinski definition) is 5. The topological polar surface area (TPSA) is 85.6 Å². The van der Waals surface area contributed by atoms with Crippen LogP contribution < -0.4 is 15.4 Å². The largest absolute Gasteiger partial charge is 0.491 e. The molecule has 0 atom stereocenters. The lowest BCUT2D eigenvalue weighted by molar-refractivity contribution is 0.146. The van der Waals surface area contributed by atoms with Gasteiger partial charge in [0.1, 0.15) is 24.5 Å². The maximum Gasteiger partial charge on any atom is 0.191 e. The molecule has 1 aromatic heterocycles. The van der Waals surface area contributed by atoms with Crippen molar-refractivity contribution >= 4 is 5.96 Å². The van der Waals surface area contributed by atoms with Gasteiger partial charge in [0.15, 0.2) is 5.96 Å². The number of aryl methyl sites for hydroxylation is 1. The molecule has 0 aliphatic carbocycles. The minimum absolute atomic E-state index is 0.548. The summed E-state index contributed by atoms with van der Waals surface area (Å²) in [6.45, 7) is 2.35. The molecular weight excluding hydrogens is 308 g/mol. The fraction of sp³-hybridized carbons (Fsp3) is 0.438. The number of benzene rings is 1. The SMILES string of the molecule is CN=C(NCc1ccc(OCCOC)cc1)NCc1ncnn1C. The first kappa shape index (κ1) is 17.7.